The molecule has 0 bridgehead atoms. The summed E-state index contributed by atoms with van der Waals surface area (Å²) >= 11 is 1.18. The second-order valence-corrected chi connectivity index (χ2v) is 6.53. The molecule has 0 aliphatic carbocycles. The van der Waals surface area contributed by atoms with Gasteiger partial charge in [-0.05, 0) is 38.1 Å². The summed E-state index contributed by atoms with van der Waals surface area (Å²) in [6.45, 7) is 4.88. The lowest BCUT2D eigenvalue weighted by atomic mass is 10.2. The number of aromatic amines is 1. The third-order valence-corrected chi connectivity index (χ3v) is 3.96. The molecule has 1 heterocycles. The van der Waals surface area contributed by atoms with Crippen molar-refractivity contribution < 1.29 is 9.59 Å². The first kappa shape index (κ1) is 17.7. The second kappa shape index (κ2) is 7.78. The summed E-state index contributed by atoms with van der Waals surface area (Å²) in [6, 6.07) is 8.20. The number of nitrogens with one attached hydrogen (secondary N) is 3. The molecule has 3 N–H and O–H groups in total. The lowest BCUT2D eigenvalue weighted by Gasteiger charge is -2.12. The van der Waals surface area contributed by atoms with Crippen LogP contribution in [0.5, 0.6) is 0 Å². The predicted octanol–water partition coefficient (Wildman–Crippen LogP) is 2.16. The molecule has 0 aliphatic heterocycles. The molecule has 2 rings (SSSR count). The first-order valence-corrected chi connectivity index (χ1v) is 8.14. The van der Waals surface area contributed by atoms with E-state index in [0.29, 0.717) is 22.2 Å². The molecule has 2 aromatic rings. The van der Waals surface area contributed by atoms with Gasteiger partial charge in [-0.1, -0.05) is 11.8 Å². The van der Waals surface area contributed by atoms with E-state index >= 15 is 0 Å². The fourth-order valence-corrected chi connectivity index (χ4v) is 2.77. The van der Waals surface area contributed by atoms with E-state index in [4.69, 9.17) is 0 Å². The Kier molecular flexibility index (Phi) is 5.75. The summed E-state index contributed by atoms with van der Waals surface area (Å²) in [7, 11) is 0. The van der Waals surface area contributed by atoms with Crippen LogP contribution in [0, 0.1) is 6.92 Å². The van der Waals surface area contributed by atoms with Crippen molar-refractivity contribution in [3.63, 3.8) is 0 Å². The number of thioether (sulfide) groups is 1. The van der Waals surface area contributed by atoms with Gasteiger partial charge in [-0.3, -0.25) is 14.4 Å². The number of aryl methyl sites for hydroxylation is 1. The van der Waals surface area contributed by atoms with E-state index in [1.807, 2.05) is 0 Å². The highest BCUT2D eigenvalue weighted by Gasteiger charge is 2.16. The van der Waals surface area contributed by atoms with E-state index in [9.17, 15) is 14.4 Å². The van der Waals surface area contributed by atoms with Crippen LogP contribution in [0.15, 0.2) is 40.3 Å². The van der Waals surface area contributed by atoms with Crippen molar-refractivity contribution in [1.29, 1.82) is 0 Å². The number of H-pyrrole nitrogens is 1. The van der Waals surface area contributed by atoms with Gasteiger partial charge in [-0.15, -0.1) is 0 Å². The Hall–Kier alpha value is -2.61. The molecule has 1 unspecified atom stereocenters. The van der Waals surface area contributed by atoms with Crippen LogP contribution in [0.3, 0.4) is 0 Å². The fraction of sp³-hybridized carbons (Fsp3) is 0.250. The molecule has 0 radical (unpaired) electrons. The molecule has 0 saturated heterocycles. The highest BCUT2D eigenvalue weighted by Crippen LogP contribution is 2.20. The summed E-state index contributed by atoms with van der Waals surface area (Å²) < 4.78 is 0. The molecular formula is C16H18N4O3S. The maximum Gasteiger partial charge on any atom is 0.251 e. The van der Waals surface area contributed by atoms with Gasteiger partial charge in [0.1, 0.15) is 0 Å². The first-order chi connectivity index (χ1) is 11.3. The van der Waals surface area contributed by atoms with E-state index in [1.165, 1.54) is 24.8 Å². The van der Waals surface area contributed by atoms with Gasteiger partial charge in [-0.2, -0.15) is 0 Å². The van der Waals surface area contributed by atoms with Gasteiger partial charge in [-0.25, -0.2) is 4.98 Å². The second-order valence-electron chi connectivity index (χ2n) is 5.20. The van der Waals surface area contributed by atoms with Gasteiger partial charge in [0.05, 0.1) is 5.25 Å². The van der Waals surface area contributed by atoms with Crippen molar-refractivity contribution >= 4 is 35.0 Å². The normalized spacial score (nSPS) is 11.6. The number of anilines is 2. The van der Waals surface area contributed by atoms with Gasteiger partial charge in [0, 0.05) is 30.1 Å². The van der Waals surface area contributed by atoms with Crippen LogP contribution < -0.4 is 16.2 Å². The van der Waals surface area contributed by atoms with Gasteiger partial charge in [0.15, 0.2) is 5.16 Å². The monoisotopic (exact) mass is 346 g/mol. The fourth-order valence-electron chi connectivity index (χ4n) is 1.91. The number of carbonyl (C=O) groups is 2. The Morgan fingerprint density at radius 3 is 2.29 bits per heavy atom. The number of benzene rings is 1. The van der Waals surface area contributed by atoms with E-state index in [2.05, 4.69) is 20.6 Å². The van der Waals surface area contributed by atoms with Crippen molar-refractivity contribution in [3.8, 4) is 0 Å². The van der Waals surface area contributed by atoms with Crippen LogP contribution in [0.2, 0.25) is 0 Å². The lowest BCUT2D eigenvalue weighted by Crippen LogP contribution is -2.23. The minimum Gasteiger partial charge on any atom is -0.326 e. The molecule has 0 fully saturated rings. The van der Waals surface area contributed by atoms with Crippen molar-refractivity contribution in [2.45, 2.75) is 31.2 Å². The maximum absolute atomic E-state index is 12.2. The van der Waals surface area contributed by atoms with Crippen LogP contribution in [0.1, 0.15) is 19.5 Å². The molecular weight excluding hydrogens is 328 g/mol. The zero-order valence-electron chi connectivity index (χ0n) is 13.5. The van der Waals surface area contributed by atoms with Gasteiger partial charge < -0.3 is 15.6 Å². The average Bonchev–Trinajstić information content (AvgIpc) is 2.47. The highest BCUT2D eigenvalue weighted by molar-refractivity contribution is 8.00. The number of hydrogen-bond acceptors (Lipinski definition) is 5. The van der Waals surface area contributed by atoms with E-state index in [1.54, 1.807) is 38.1 Å². The molecule has 0 spiro atoms. The minimum absolute atomic E-state index is 0.156. The average molecular weight is 346 g/mol. The van der Waals surface area contributed by atoms with Crippen LogP contribution >= 0.6 is 11.8 Å². The minimum atomic E-state index is -0.440. The smallest absolute Gasteiger partial charge is 0.251 e. The number of amides is 2. The van der Waals surface area contributed by atoms with Crippen LogP contribution in [-0.2, 0) is 9.59 Å². The molecule has 24 heavy (non-hydrogen) atoms. The highest BCUT2D eigenvalue weighted by atomic mass is 32.2. The molecule has 0 aliphatic rings. The molecule has 7 nitrogen and oxygen atoms in total. The standard InChI is InChI=1S/C16H18N4O3S/c1-9-8-14(22)20-16(17-9)24-10(2)15(23)19-13-6-4-12(5-7-13)18-11(3)21/h4-8,10H,1-3H3,(H,18,21)(H,19,23)(H,17,20,22). The van der Waals surface area contributed by atoms with Crippen molar-refractivity contribution in [1.82, 2.24) is 9.97 Å². The lowest BCUT2D eigenvalue weighted by molar-refractivity contribution is -0.115. The van der Waals surface area contributed by atoms with E-state index < -0.39 is 5.25 Å². The summed E-state index contributed by atoms with van der Waals surface area (Å²) in [4.78, 5) is 41.4. The summed E-state index contributed by atoms with van der Waals surface area (Å²) in [6.07, 6.45) is 0. The molecule has 1 aromatic carbocycles. The van der Waals surface area contributed by atoms with Crippen molar-refractivity contribution in [3.05, 3.63) is 46.4 Å². The topological polar surface area (TPSA) is 104 Å². The maximum atomic E-state index is 12.2. The van der Waals surface area contributed by atoms with Gasteiger partial charge in [0.2, 0.25) is 11.8 Å². The molecule has 0 saturated carbocycles. The molecule has 2 amide bonds. The largest absolute Gasteiger partial charge is 0.326 e. The van der Waals surface area contributed by atoms with E-state index in [-0.39, 0.29) is 17.4 Å². The number of rotatable bonds is 5. The first-order valence-electron chi connectivity index (χ1n) is 7.26. The van der Waals surface area contributed by atoms with Crippen LogP contribution in [-0.4, -0.2) is 27.0 Å². The molecule has 1 atom stereocenters. The number of carbonyl (C=O) groups excluding carboxylic acids is 2. The third-order valence-electron chi connectivity index (χ3n) is 2.98. The number of hydrogen-bond donors (Lipinski definition) is 3. The Labute approximate surface area is 143 Å². The Morgan fingerprint density at radius 2 is 1.75 bits per heavy atom. The van der Waals surface area contributed by atoms with Crippen molar-refractivity contribution in [2.75, 3.05) is 10.6 Å². The zero-order valence-corrected chi connectivity index (χ0v) is 14.4. The molecule has 126 valence electrons. The Bertz CT molecular complexity index is 802. The zero-order chi connectivity index (χ0) is 17.7. The number of aromatic nitrogens is 2. The van der Waals surface area contributed by atoms with Gasteiger partial charge in [0.25, 0.3) is 5.56 Å². The Morgan fingerprint density at radius 1 is 1.17 bits per heavy atom. The van der Waals surface area contributed by atoms with Crippen LogP contribution in [0.4, 0.5) is 11.4 Å². The molecule has 1 aromatic heterocycles. The van der Waals surface area contributed by atoms with E-state index in [0.717, 1.165) is 0 Å². The third kappa shape index (κ3) is 5.24. The summed E-state index contributed by atoms with van der Waals surface area (Å²) in [5, 5.41) is 5.40. The number of nitrogens with zero attached hydrogens (tertiary/aromatic N) is 1. The summed E-state index contributed by atoms with van der Waals surface area (Å²) in [5.41, 5.74) is 1.63. The van der Waals surface area contributed by atoms with Gasteiger partial charge >= 0.3 is 0 Å². The quantitative estimate of drug-likeness (QED) is 0.568. The summed E-state index contributed by atoms with van der Waals surface area (Å²) in [5.74, 6) is -0.368. The molecule has 8 heteroatoms. The SMILES string of the molecule is CC(=O)Nc1ccc(NC(=O)C(C)Sc2nc(C)cc(=O)[nH]2)cc1. The predicted molar refractivity (Wildman–Crippen MR) is 94.3 cm³/mol. The van der Waals surface area contributed by atoms with Crippen molar-refractivity contribution in [2.24, 2.45) is 0 Å². The van der Waals surface area contributed by atoms with Crippen LogP contribution in [0.25, 0.3) is 0 Å². The Balaban J connectivity index is 1.98.